The second kappa shape index (κ2) is 7.74. The average molecular weight is 346 g/mol. The van der Waals surface area contributed by atoms with Crippen molar-refractivity contribution >= 4 is 22.9 Å². The molecule has 0 aliphatic carbocycles. The molecule has 1 aromatic heterocycles. The van der Waals surface area contributed by atoms with Gasteiger partial charge in [0.2, 0.25) is 5.91 Å². The number of amides is 1. The zero-order chi connectivity index (χ0) is 16.9. The fourth-order valence-corrected chi connectivity index (χ4v) is 3.70. The maximum atomic E-state index is 12.4. The van der Waals surface area contributed by atoms with Crippen LogP contribution in [0.15, 0.2) is 29.6 Å². The lowest BCUT2D eigenvalue weighted by Crippen LogP contribution is -2.49. The molecule has 1 fully saturated rings. The van der Waals surface area contributed by atoms with Gasteiger partial charge < -0.3 is 15.7 Å². The monoisotopic (exact) mass is 346 g/mol. The topological polar surface area (TPSA) is 82.7 Å². The van der Waals surface area contributed by atoms with Crippen molar-refractivity contribution in [2.75, 3.05) is 45.1 Å². The number of carbonyl (C=O) groups is 1. The molecule has 1 amide bonds. The number of β-amino-alcohol motifs (C(OH)–C–C–N with tert-alkyl or cyclic N) is 1. The fraction of sp³-hybridized carbons (Fsp3) is 0.412. The van der Waals surface area contributed by atoms with E-state index in [9.17, 15) is 4.79 Å². The summed E-state index contributed by atoms with van der Waals surface area (Å²) < 4.78 is 0. The lowest BCUT2D eigenvalue weighted by molar-refractivity contribution is -0.132. The van der Waals surface area contributed by atoms with Gasteiger partial charge in [-0.15, -0.1) is 11.3 Å². The zero-order valence-corrected chi connectivity index (χ0v) is 14.3. The van der Waals surface area contributed by atoms with Gasteiger partial charge in [-0.2, -0.15) is 0 Å². The van der Waals surface area contributed by atoms with Gasteiger partial charge >= 0.3 is 0 Å². The lowest BCUT2D eigenvalue weighted by Gasteiger charge is -2.34. The highest BCUT2D eigenvalue weighted by Gasteiger charge is 2.21. The molecule has 2 aromatic rings. The Balaban J connectivity index is 1.59. The minimum Gasteiger partial charge on any atom is -0.398 e. The second-order valence-corrected chi connectivity index (χ2v) is 6.71. The van der Waals surface area contributed by atoms with E-state index >= 15 is 0 Å². The molecule has 1 aliphatic heterocycles. The lowest BCUT2D eigenvalue weighted by atomic mass is 10.2. The largest absolute Gasteiger partial charge is 0.398 e. The van der Waals surface area contributed by atoms with E-state index in [1.54, 1.807) is 0 Å². The number of benzene rings is 1. The molecule has 1 aliphatic rings. The van der Waals surface area contributed by atoms with Gasteiger partial charge in [-0.05, 0) is 12.1 Å². The standard InChI is InChI=1S/C17H22N4O2S/c18-15-4-2-1-3-14(15)17-19-13(12-24-17)11-16(23)21-7-5-20(6-8-21)9-10-22/h1-4,12,22H,5-11,18H2. The Morgan fingerprint density at radius 3 is 2.71 bits per heavy atom. The third-order valence-electron chi connectivity index (χ3n) is 4.22. The van der Waals surface area contributed by atoms with Crippen molar-refractivity contribution in [2.45, 2.75) is 6.42 Å². The molecule has 0 unspecified atom stereocenters. The highest BCUT2D eigenvalue weighted by atomic mass is 32.1. The van der Waals surface area contributed by atoms with E-state index in [4.69, 9.17) is 10.8 Å². The molecule has 1 saturated heterocycles. The van der Waals surface area contributed by atoms with E-state index in [1.807, 2.05) is 34.5 Å². The molecule has 3 rings (SSSR count). The predicted octanol–water partition coefficient (Wildman–Crippen LogP) is 1.07. The number of nitrogens with zero attached hydrogens (tertiary/aromatic N) is 3. The molecule has 7 heteroatoms. The summed E-state index contributed by atoms with van der Waals surface area (Å²) in [7, 11) is 0. The number of carbonyl (C=O) groups excluding carboxylic acids is 1. The van der Waals surface area contributed by atoms with E-state index in [2.05, 4.69) is 9.88 Å². The van der Waals surface area contributed by atoms with Gasteiger partial charge in [0.1, 0.15) is 5.01 Å². The van der Waals surface area contributed by atoms with Gasteiger partial charge in [0, 0.05) is 49.4 Å². The Morgan fingerprint density at radius 1 is 1.25 bits per heavy atom. The van der Waals surface area contributed by atoms with Crippen LogP contribution >= 0.6 is 11.3 Å². The van der Waals surface area contributed by atoms with Gasteiger partial charge in [0.05, 0.1) is 18.7 Å². The number of thiazole rings is 1. The molecule has 0 spiro atoms. The van der Waals surface area contributed by atoms with Crippen LogP contribution < -0.4 is 5.73 Å². The first kappa shape index (κ1) is 16.9. The first-order valence-corrected chi connectivity index (χ1v) is 8.95. The number of nitrogens with two attached hydrogens (primary N) is 1. The number of hydrogen-bond acceptors (Lipinski definition) is 6. The van der Waals surface area contributed by atoms with Crippen LogP contribution in [0.1, 0.15) is 5.69 Å². The normalized spacial score (nSPS) is 15.6. The van der Waals surface area contributed by atoms with Gasteiger partial charge in [-0.25, -0.2) is 4.98 Å². The zero-order valence-electron chi connectivity index (χ0n) is 13.5. The molecule has 6 nitrogen and oxygen atoms in total. The third-order valence-corrected chi connectivity index (χ3v) is 5.14. The van der Waals surface area contributed by atoms with Crippen LogP contribution in [0.4, 0.5) is 5.69 Å². The minimum absolute atomic E-state index is 0.108. The molecule has 0 bridgehead atoms. The summed E-state index contributed by atoms with van der Waals surface area (Å²) >= 11 is 1.51. The van der Waals surface area contributed by atoms with Crippen molar-refractivity contribution in [3.8, 4) is 10.6 Å². The number of para-hydroxylation sites is 1. The number of aliphatic hydroxyl groups is 1. The van der Waals surface area contributed by atoms with Crippen LogP contribution in [-0.4, -0.2) is 65.1 Å². The summed E-state index contributed by atoms with van der Waals surface area (Å²) in [6.45, 7) is 3.89. The van der Waals surface area contributed by atoms with Crippen LogP contribution in [0, 0.1) is 0 Å². The summed E-state index contributed by atoms with van der Waals surface area (Å²) in [5, 5.41) is 11.7. The Labute approximate surface area is 145 Å². The van der Waals surface area contributed by atoms with Crippen LogP contribution in [0.3, 0.4) is 0 Å². The van der Waals surface area contributed by atoms with Gasteiger partial charge in [0.15, 0.2) is 0 Å². The maximum absolute atomic E-state index is 12.4. The fourth-order valence-electron chi connectivity index (χ4n) is 2.83. The molecule has 2 heterocycles. The molecule has 0 saturated carbocycles. The summed E-state index contributed by atoms with van der Waals surface area (Å²) in [4.78, 5) is 21.1. The van der Waals surface area contributed by atoms with Crippen LogP contribution in [-0.2, 0) is 11.2 Å². The molecule has 0 atom stereocenters. The van der Waals surface area contributed by atoms with Crippen LogP contribution in [0.25, 0.3) is 10.6 Å². The Kier molecular flexibility index (Phi) is 5.44. The number of rotatable bonds is 5. The highest BCUT2D eigenvalue weighted by Crippen LogP contribution is 2.28. The number of aliphatic hydroxyl groups excluding tert-OH is 1. The van der Waals surface area contributed by atoms with E-state index in [0.29, 0.717) is 31.7 Å². The van der Waals surface area contributed by atoms with Gasteiger partial charge in [-0.1, -0.05) is 12.1 Å². The molecular weight excluding hydrogens is 324 g/mol. The van der Waals surface area contributed by atoms with Crippen LogP contribution in [0.5, 0.6) is 0 Å². The Morgan fingerprint density at radius 2 is 2.00 bits per heavy atom. The quantitative estimate of drug-likeness (QED) is 0.792. The molecule has 128 valence electrons. The van der Waals surface area contributed by atoms with E-state index in [0.717, 1.165) is 29.4 Å². The summed E-state index contributed by atoms with van der Waals surface area (Å²) in [6, 6.07) is 7.63. The Bertz CT molecular complexity index is 695. The number of hydrogen-bond donors (Lipinski definition) is 2. The van der Waals surface area contributed by atoms with Crippen molar-refractivity contribution in [2.24, 2.45) is 0 Å². The smallest absolute Gasteiger partial charge is 0.228 e. The van der Waals surface area contributed by atoms with Crippen molar-refractivity contribution in [3.05, 3.63) is 35.3 Å². The van der Waals surface area contributed by atoms with Crippen LogP contribution in [0.2, 0.25) is 0 Å². The number of nitrogen functional groups attached to an aromatic ring is 1. The highest BCUT2D eigenvalue weighted by molar-refractivity contribution is 7.13. The van der Waals surface area contributed by atoms with Gasteiger partial charge in [0.25, 0.3) is 0 Å². The molecular formula is C17H22N4O2S. The summed E-state index contributed by atoms with van der Waals surface area (Å²) in [6.07, 6.45) is 0.323. The van der Waals surface area contributed by atoms with Crippen molar-refractivity contribution in [1.29, 1.82) is 0 Å². The predicted molar refractivity (Wildman–Crippen MR) is 95.8 cm³/mol. The summed E-state index contributed by atoms with van der Waals surface area (Å²) in [5.41, 5.74) is 8.39. The van der Waals surface area contributed by atoms with E-state index < -0.39 is 0 Å². The van der Waals surface area contributed by atoms with E-state index in [-0.39, 0.29) is 12.5 Å². The first-order chi connectivity index (χ1) is 11.7. The van der Waals surface area contributed by atoms with Gasteiger partial charge in [-0.3, -0.25) is 9.69 Å². The Hall–Kier alpha value is -1.96. The average Bonchev–Trinajstić information content (AvgIpc) is 3.04. The second-order valence-electron chi connectivity index (χ2n) is 5.85. The summed E-state index contributed by atoms with van der Waals surface area (Å²) in [5.74, 6) is 0.108. The number of piperazine rings is 1. The van der Waals surface area contributed by atoms with E-state index in [1.165, 1.54) is 11.3 Å². The maximum Gasteiger partial charge on any atom is 0.228 e. The SMILES string of the molecule is Nc1ccccc1-c1nc(CC(=O)N2CCN(CCO)CC2)cs1. The molecule has 0 radical (unpaired) electrons. The first-order valence-electron chi connectivity index (χ1n) is 8.07. The number of aromatic nitrogens is 1. The van der Waals surface area contributed by atoms with Crippen molar-refractivity contribution < 1.29 is 9.90 Å². The van der Waals surface area contributed by atoms with Crippen molar-refractivity contribution in [3.63, 3.8) is 0 Å². The third kappa shape index (κ3) is 3.92. The molecule has 24 heavy (non-hydrogen) atoms. The molecule has 1 aromatic carbocycles. The molecule has 3 N–H and O–H groups in total. The minimum atomic E-state index is 0.108. The van der Waals surface area contributed by atoms with Crippen molar-refractivity contribution in [1.82, 2.24) is 14.8 Å². The number of anilines is 1.